The Bertz CT molecular complexity index is 807. The molecule has 2 aromatic rings. The van der Waals surface area contributed by atoms with Gasteiger partial charge in [-0.3, -0.25) is 4.90 Å². The van der Waals surface area contributed by atoms with E-state index < -0.39 is 0 Å². The number of anilines is 1. The molecular formula is C22H27FN4OS. The Balaban J connectivity index is 1.34. The third-order valence-corrected chi connectivity index (χ3v) is 4.88. The molecule has 7 heteroatoms. The molecule has 0 atom stereocenters. The summed E-state index contributed by atoms with van der Waals surface area (Å²) < 4.78 is 18.6. The summed E-state index contributed by atoms with van der Waals surface area (Å²) in [6.07, 6.45) is 9.59. The van der Waals surface area contributed by atoms with E-state index in [0.29, 0.717) is 24.1 Å². The first-order valence-corrected chi connectivity index (χ1v) is 10.4. The summed E-state index contributed by atoms with van der Waals surface area (Å²) in [4.78, 5) is 6.77. The SMILES string of the molecule is Fc1ccc(NC(=S)NC/C=C\COc2cc(CN3CCCCC3)ccn2)cc1. The summed E-state index contributed by atoms with van der Waals surface area (Å²) in [6.45, 7) is 4.31. The number of ether oxygens (including phenoxy) is 1. The Labute approximate surface area is 177 Å². The predicted octanol–water partition coefficient (Wildman–Crippen LogP) is 4.13. The Hall–Kier alpha value is -2.51. The maximum atomic E-state index is 12.9. The van der Waals surface area contributed by atoms with Gasteiger partial charge in [0.05, 0.1) is 0 Å². The van der Waals surface area contributed by atoms with Crippen molar-refractivity contribution in [2.75, 3.05) is 31.6 Å². The number of pyridine rings is 1. The van der Waals surface area contributed by atoms with E-state index in [0.717, 1.165) is 12.2 Å². The van der Waals surface area contributed by atoms with Crippen molar-refractivity contribution in [2.24, 2.45) is 0 Å². The fraction of sp³-hybridized carbons (Fsp3) is 0.364. The lowest BCUT2D eigenvalue weighted by Gasteiger charge is -2.26. The first-order chi connectivity index (χ1) is 14.2. The van der Waals surface area contributed by atoms with Crippen molar-refractivity contribution in [3.05, 3.63) is 66.1 Å². The van der Waals surface area contributed by atoms with Gasteiger partial charge in [0.15, 0.2) is 5.11 Å². The fourth-order valence-corrected chi connectivity index (χ4v) is 3.35. The van der Waals surface area contributed by atoms with Gasteiger partial charge in [0.1, 0.15) is 12.4 Å². The number of thiocarbonyl (C=S) groups is 1. The third-order valence-electron chi connectivity index (χ3n) is 4.63. The number of likely N-dealkylation sites (tertiary alicyclic amines) is 1. The molecule has 0 spiro atoms. The van der Waals surface area contributed by atoms with Gasteiger partial charge in [0.2, 0.25) is 5.88 Å². The second-order valence-electron chi connectivity index (χ2n) is 6.96. The first kappa shape index (κ1) is 21.2. The van der Waals surface area contributed by atoms with E-state index in [1.54, 1.807) is 18.3 Å². The number of benzene rings is 1. The molecule has 0 aliphatic carbocycles. The summed E-state index contributed by atoms with van der Waals surface area (Å²) in [7, 11) is 0. The lowest BCUT2D eigenvalue weighted by molar-refractivity contribution is 0.220. The van der Waals surface area contributed by atoms with Crippen molar-refractivity contribution in [3.8, 4) is 5.88 Å². The first-order valence-electron chi connectivity index (χ1n) is 9.94. The van der Waals surface area contributed by atoms with Crippen LogP contribution in [0.5, 0.6) is 5.88 Å². The highest BCUT2D eigenvalue weighted by atomic mass is 32.1. The van der Waals surface area contributed by atoms with Gasteiger partial charge in [-0.05, 0) is 80.1 Å². The highest BCUT2D eigenvalue weighted by Crippen LogP contribution is 2.15. The molecule has 2 N–H and O–H groups in total. The molecular weight excluding hydrogens is 387 g/mol. The van der Waals surface area contributed by atoms with Gasteiger partial charge in [0, 0.05) is 31.0 Å². The Morgan fingerprint density at radius 2 is 1.93 bits per heavy atom. The van der Waals surface area contributed by atoms with Crippen LogP contribution in [0.3, 0.4) is 0 Å². The molecule has 1 fully saturated rings. The van der Waals surface area contributed by atoms with Gasteiger partial charge < -0.3 is 15.4 Å². The Morgan fingerprint density at radius 1 is 1.14 bits per heavy atom. The van der Waals surface area contributed by atoms with Crippen LogP contribution < -0.4 is 15.4 Å². The maximum absolute atomic E-state index is 12.9. The van der Waals surface area contributed by atoms with Crippen LogP contribution in [-0.4, -0.2) is 41.2 Å². The molecule has 0 radical (unpaired) electrons. The van der Waals surface area contributed by atoms with Crippen molar-refractivity contribution >= 4 is 23.0 Å². The second kappa shape index (κ2) is 11.5. The van der Waals surface area contributed by atoms with Crippen molar-refractivity contribution in [1.82, 2.24) is 15.2 Å². The molecule has 2 heterocycles. The van der Waals surface area contributed by atoms with E-state index in [-0.39, 0.29) is 5.82 Å². The van der Waals surface area contributed by atoms with Crippen molar-refractivity contribution in [3.63, 3.8) is 0 Å². The normalized spacial score (nSPS) is 14.7. The highest BCUT2D eigenvalue weighted by Gasteiger charge is 2.10. The molecule has 0 amide bonds. The van der Waals surface area contributed by atoms with E-state index in [1.807, 2.05) is 18.2 Å². The molecule has 29 heavy (non-hydrogen) atoms. The Kier molecular flexibility index (Phi) is 8.40. The summed E-state index contributed by atoms with van der Waals surface area (Å²) in [5, 5.41) is 6.54. The van der Waals surface area contributed by atoms with E-state index in [9.17, 15) is 4.39 Å². The van der Waals surface area contributed by atoms with Gasteiger partial charge in [0.25, 0.3) is 0 Å². The highest BCUT2D eigenvalue weighted by molar-refractivity contribution is 7.80. The monoisotopic (exact) mass is 414 g/mol. The lowest BCUT2D eigenvalue weighted by atomic mass is 10.1. The topological polar surface area (TPSA) is 49.4 Å². The van der Waals surface area contributed by atoms with Crippen LogP contribution in [0.15, 0.2) is 54.7 Å². The van der Waals surface area contributed by atoms with Crippen molar-refractivity contribution < 1.29 is 9.13 Å². The van der Waals surface area contributed by atoms with E-state index in [4.69, 9.17) is 17.0 Å². The minimum atomic E-state index is -0.274. The van der Waals surface area contributed by atoms with Crippen LogP contribution in [-0.2, 0) is 6.54 Å². The van der Waals surface area contributed by atoms with Crippen LogP contribution >= 0.6 is 12.2 Å². The summed E-state index contributed by atoms with van der Waals surface area (Å²) in [6, 6.07) is 10.1. The van der Waals surface area contributed by atoms with Crippen molar-refractivity contribution in [2.45, 2.75) is 25.8 Å². The van der Waals surface area contributed by atoms with Crippen molar-refractivity contribution in [1.29, 1.82) is 0 Å². The molecule has 5 nitrogen and oxygen atoms in total. The number of rotatable bonds is 8. The molecule has 0 saturated carbocycles. The second-order valence-corrected chi connectivity index (χ2v) is 7.37. The zero-order chi connectivity index (χ0) is 20.3. The maximum Gasteiger partial charge on any atom is 0.213 e. The number of piperidine rings is 1. The van der Waals surface area contributed by atoms with E-state index in [1.165, 1.54) is 50.0 Å². The van der Waals surface area contributed by atoms with Gasteiger partial charge in [-0.2, -0.15) is 0 Å². The summed E-state index contributed by atoms with van der Waals surface area (Å²) in [5.74, 6) is 0.370. The van der Waals surface area contributed by atoms with E-state index in [2.05, 4.69) is 26.6 Å². The summed E-state index contributed by atoms with van der Waals surface area (Å²) in [5.41, 5.74) is 1.98. The number of hydrogen-bond acceptors (Lipinski definition) is 4. The number of nitrogens with zero attached hydrogens (tertiary/aromatic N) is 2. The molecule has 154 valence electrons. The van der Waals surface area contributed by atoms with Crippen LogP contribution in [0.4, 0.5) is 10.1 Å². The molecule has 3 rings (SSSR count). The largest absolute Gasteiger partial charge is 0.473 e. The van der Waals surface area contributed by atoms with Crippen LogP contribution in [0.1, 0.15) is 24.8 Å². The predicted molar refractivity (Wildman–Crippen MR) is 119 cm³/mol. The number of halogens is 1. The molecule has 1 aromatic carbocycles. The third kappa shape index (κ3) is 7.79. The average Bonchev–Trinajstić information content (AvgIpc) is 2.73. The van der Waals surface area contributed by atoms with Gasteiger partial charge in [-0.15, -0.1) is 0 Å². The Morgan fingerprint density at radius 3 is 2.72 bits per heavy atom. The van der Waals surface area contributed by atoms with Gasteiger partial charge in [-0.1, -0.05) is 12.5 Å². The lowest BCUT2D eigenvalue weighted by Crippen LogP contribution is -2.29. The van der Waals surface area contributed by atoms with Crippen LogP contribution in [0.2, 0.25) is 0 Å². The average molecular weight is 415 g/mol. The van der Waals surface area contributed by atoms with Crippen LogP contribution in [0, 0.1) is 5.82 Å². The van der Waals surface area contributed by atoms with Gasteiger partial charge >= 0.3 is 0 Å². The quantitative estimate of drug-likeness (QED) is 0.500. The molecule has 0 unspecified atom stereocenters. The van der Waals surface area contributed by atoms with E-state index >= 15 is 0 Å². The number of hydrogen-bond donors (Lipinski definition) is 2. The minimum Gasteiger partial charge on any atom is -0.473 e. The van der Waals surface area contributed by atoms with Gasteiger partial charge in [-0.25, -0.2) is 9.37 Å². The zero-order valence-electron chi connectivity index (χ0n) is 16.4. The van der Waals surface area contributed by atoms with Crippen LogP contribution in [0.25, 0.3) is 0 Å². The number of nitrogens with one attached hydrogen (secondary N) is 2. The standard InChI is InChI=1S/C22H27FN4OS/c23-19-6-8-20(9-7-19)26-22(29)25-11-2-5-15-28-21-16-18(10-12-24-21)17-27-13-3-1-4-14-27/h2,5-10,12,16H,1,3-4,11,13-15,17H2,(H2,25,26,29)/b5-2-. The molecule has 1 aliphatic heterocycles. The summed E-state index contributed by atoms with van der Waals surface area (Å²) >= 11 is 5.21. The molecule has 1 aliphatic rings. The zero-order valence-corrected chi connectivity index (χ0v) is 17.3. The minimum absolute atomic E-state index is 0.274. The number of aromatic nitrogens is 1. The molecule has 0 bridgehead atoms. The molecule has 1 aromatic heterocycles. The molecule has 1 saturated heterocycles. The fourth-order valence-electron chi connectivity index (χ4n) is 3.15. The smallest absolute Gasteiger partial charge is 0.213 e.